The van der Waals surface area contributed by atoms with Gasteiger partial charge in [0.25, 0.3) is 0 Å². The molecule has 2 atom stereocenters. The van der Waals surface area contributed by atoms with Crippen LogP contribution in [0.25, 0.3) is 0 Å². The third kappa shape index (κ3) is 2.89. The van der Waals surface area contributed by atoms with Crippen LogP contribution in [0.3, 0.4) is 0 Å². The van der Waals surface area contributed by atoms with Crippen LogP contribution in [0.15, 0.2) is 0 Å². The molecule has 0 bridgehead atoms. The van der Waals surface area contributed by atoms with E-state index in [0.717, 1.165) is 12.8 Å². The summed E-state index contributed by atoms with van der Waals surface area (Å²) in [5.74, 6) is -1.55. The van der Waals surface area contributed by atoms with Gasteiger partial charge in [-0.25, -0.2) is 4.79 Å². The number of rotatable bonds is 3. The minimum atomic E-state index is -0.954. The van der Waals surface area contributed by atoms with E-state index in [9.17, 15) is 19.5 Å². The van der Waals surface area contributed by atoms with Gasteiger partial charge in [-0.05, 0) is 25.2 Å². The number of amides is 2. The molecule has 0 radical (unpaired) electrons. The average Bonchev–Trinajstić information content (AvgIpc) is 2.77. The Morgan fingerprint density at radius 2 is 2.05 bits per heavy atom. The number of carbonyl (C=O) groups is 3. The van der Waals surface area contributed by atoms with E-state index in [1.165, 1.54) is 4.90 Å². The first-order chi connectivity index (χ1) is 9.77. The zero-order valence-electron chi connectivity index (χ0n) is 13.0. The first-order valence-corrected chi connectivity index (χ1v) is 7.59. The highest BCUT2D eigenvalue weighted by molar-refractivity contribution is 5.91. The fourth-order valence-electron chi connectivity index (χ4n) is 3.58. The number of carbonyl (C=O) groups excluding carboxylic acids is 2. The molecule has 118 valence electrons. The summed E-state index contributed by atoms with van der Waals surface area (Å²) in [5, 5.41) is 9.51. The minimum absolute atomic E-state index is 0.0148. The van der Waals surface area contributed by atoms with E-state index in [2.05, 4.69) is 0 Å². The molecule has 0 aliphatic carbocycles. The molecule has 0 spiro atoms. The lowest BCUT2D eigenvalue weighted by Gasteiger charge is -2.44. The molecule has 2 aliphatic rings. The Labute approximate surface area is 125 Å². The van der Waals surface area contributed by atoms with E-state index in [1.54, 1.807) is 4.90 Å². The molecule has 0 saturated carbocycles. The van der Waals surface area contributed by atoms with Gasteiger partial charge in [0.2, 0.25) is 11.8 Å². The third-order valence-corrected chi connectivity index (χ3v) is 4.73. The first-order valence-electron chi connectivity index (χ1n) is 7.59. The SMILES string of the molecule is CCN1CC(C(=O)N2CCCC(C)(C)C2C(=O)O)CC1=O. The molecule has 6 heteroatoms. The Morgan fingerprint density at radius 3 is 2.57 bits per heavy atom. The van der Waals surface area contributed by atoms with Gasteiger partial charge in [0.1, 0.15) is 6.04 Å². The fourth-order valence-corrected chi connectivity index (χ4v) is 3.58. The largest absolute Gasteiger partial charge is 0.480 e. The maximum Gasteiger partial charge on any atom is 0.326 e. The van der Waals surface area contributed by atoms with E-state index < -0.39 is 23.3 Å². The van der Waals surface area contributed by atoms with Crippen LogP contribution < -0.4 is 0 Å². The van der Waals surface area contributed by atoms with E-state index in [1.807, 2.05) is 20.8 Å². The number of aliphatic carboxylic acids is 1. The van der Waals surface area contributed by atoms with Crippen LogP contribution in [0, 0.1) is 11.3 Å². The highest BCUT2D eigenvalue weighted by Gasteiger charge is 2.47. The topological polar surface area (TPSA) is 77.9 Å². The maximum atomic E-state index is 12.7. The van der Waals surface area contributed by atoms with Gasteiger partial charge in [0, 0.05) is 26.1 Å². The molecule has 0 aromatic carbocycles. The molecule has 2 fully saturated rings. The van der Waals surface area contributed by atoms with Crippen molar-refractivity contribution in [3.63, 3.8) is 0 Å². The molecular formula is C15H24N2O4. The van der Waals surface area contributed by atoms with Gasteiger partial charge >= 0.3 is 5.97 Å². The predicted molar refractivity (Wildman–Crippen MR) is 76.5 cm³/mol. The molecule has 2 heterocycles. The van der Waals surface area contributed by atoms with Crippen LogP contribution in [0.2, 0.25) is 0 Å². The predicted octanol–water partition coefficient (Wildman–Crippen LogP) is 0.957. The van der Waals surface area contributed by atoms with Crippen LogP contribution in [0.1, 0.15) is 40.0 Å². The zero-order valence-corrected chi connectivity index (χ0v) is 13.0. The zero-order chi connectivity index (χ0) is 15.8. The Balaban J connectivity index is 2.17. The molecule has 0 aromatic rings. The third-order valence-electron chi connectivity index (χ3n) is 4.73. The summed E-state index contributed by atoms with van der Waals surface area (Å²) >= 11 is 0. The normalized spacial score (nSPS) is 28.8. The highest BCUT2D eigenvalue weighted by atomic mass is 16.4. The molecule has 2 aliphatic heterocycles. The standard InChI is InChI=1S/C15H24N2O4/c1-4-16-9-10(8-11(16)18)13(19)17-7-5-6-15(2,3)12(17)14(20)21/h10,12H,4-9H2,1-3H3,(H,20,21). The van der Waals surface area contributed by atoms with Gasteiger partial charge in [0.15, 0.2) is 0 Å². The molecule has 2 unspecified atom stereocenters. The van der Waals surface area contributed by atoms with Crippen molar-refractivity contribution in [1.29, 1.82) is 0 Å². The summed E-state index contributed by atoms with van der Waals surface area (Å²) < 4.78 is 0. The van der Waals surface area contributed by atoms with Gasteiger partial charge in [-0.3, -0.25) is 9.59 Å². The minimum Gasteiger partial charge on any atom is -0.480 e. The quantitative estimate of drug-likeness (QED) is 0.841. The number of carboxylic acid groups (broad SMARTS) is 1. The molecule has 2 amide bonds. The summed E-state index contributed by atoms with van der Waals surface area (Å²) in [6.07, 6.45) is 1.80. The van der Waals surface area contributed by atoms with Crippen molar-refractivity contribution in [3.8, 4) is 0 Å². The van der Waals surface area contributed by atoms with Crippen molar-refractivity contribution < 1.29 is 19.5 Å². The molecular weight excluding hydrogens is 272 g/mol. The molecule has 1 N–H and O–H groups in total. The van der Waals surface area contributed by atoms with Crippen LogP contribution >= 0.6 is 0 Å². The number of hydrogen-bond donors (Lipinski definition) is 1. The summed E-state index contributed by atoms with van der Waals surface area (Å²) in [5.41, 5.74) is -0.438. The van der Waals surface area contributed by atoms with Crippen LogP contribution in [0.4, 0.5) is 0 Å². The Kier molecular flexibility index (Phi) is 4.25. The van der Waals surface area contributed by atoms with Crippen LogP contribution in [-0.2, 0) is 14.4 Å². The summed E-state index contributed by atoms with van der Waals surface area (Å²) in [6, 6.07) is -0.801. The fraction of sp³-hybridized carbons (Fsp3) is 0.800. The lowest BCUT2D eigenvalue weighted by atomic mass is 9.76. The number of nitrogens with zero attached hydrogens (tertiary/aromatic N) is 2. The second-order valence-electron chi connectivity index (χ2n) is 6.70. The van der Waals surface area contributed by atoms with Crippen molar-refractivity contribution in [2.45, 2.75) is 46.1 Å². The van der Waals surface area contributed by atoms with Gasteiger partial charge < -0.3 is 14.9 Å². The maximum absolute atomic E-state index is 12.7. The lowest BCUT2D eigenvalue weighted by Crippen LogP contribution is -2.57. The molecule has 6 nitrogen and oxygen atoms in total. The van der Waals surface area contributed by atoms with Gasteiger partial charge in [0.05, 0.1) is 5.92 Å². The van der Waals surface area contributed by atoms with E-state index >= 15 is 0 Å². The Bertz CT molecular complexity index is 461. The first kappa shape index (κ1) is 15.8. The molecule has 2 rings (SSSR count). The number of hydrogen-bond acceptors (Lipinski definition) is 3. The second-order valence-corrected chi connectivity index (χ2v) is 6.70. The van der Waals surface area contributed by atoms with E-state index in [-0.39, 0.29) is 18.2 Å². The Hall–Kier alpha value is -1.59. The average molecular weight is 296 g/mol. The molecule has 21 heavy (non-hydrogen) atoms. The Morgan fingerprint density at radius 1 is 1.38 bits per heavy atom. The summed E-state index contributed by atoms with van der Waals surface area (Å²) in [4.78, 5) is 39.2. The van der Waals surface area contributed by atoms with Crippen molar-refractivity contribution in [2.24, 2.45) is 11.3 Å². The van der Waals surface area contributed by atoms with Gasteiger partial charge in [-0.2, -0.15) is 0 Å². The van der Waals surface area contributed by atoms with Crippen molar-refractivity contribution >= 4 is 17.8 Å². The number of carboxylic acids is 1. The van der Waals surface area contributed by atoms with Crippen molar-refractivity contribution in [1.82, 2.24) is 9.80 Å². The molecule has 2 saturated heterocycles. The van der Waals surface area contributed by atoms with Gasteiger partial charge in [-0.15, -0.1) is 0 Å². The smallest absolute Gasteiger partial charge is 0.326 e. The summed E-state index contributed by atoms with van der Waals surface area (Å²) in [7, 11) is 0. The van der Waals surface area contributed by atoms with E-state index in [0.29, 0.717) is 19.6 Å². The second kappa shape index (κ2) is 5.66. The van der Waals surface area contributed by atoms with Crippen LogP contribution in [0.5, 0.6) is 0 Å². The van der Waals surface area contributed by atoms with Crippen molar-refractivity contribution in [3.05, 3.63) is 0 Å². The van der Waals surface area contributed by atoms with E-state index in [4.69, 9.17) is 0 Å². The van der Waals surface area contributed by atoms with Gasteiger partial charge in [-0.1, -0.05) is 13.8 Å². The highest BCUT2D eigenvalue weighted by Crippen LogP contribution is 2.36. The number of piperidine rings is 1. The molecule has 0 aromatic heterocycles. The monoisotopic (exact) mass is 296 g/mol. The summed E-state index contributed by atoms with van der Waals surface area (Å²) in [6.45, 7) is 7.14. The van der Waals surface area contributed by atoms with Crippen molar-refractivity contribution in [2.75, 3.05) is 19.6 Å². The number of likely N-dealkylation sites (tertiary alicyclic amines) is 2. The van der Waals surface area contributed by atoms with Crippen LogP contribution in [-0.4, -0.2) is 58.4 Å². The lowest BCUT2D eigenvalue weighted by molar-refractivity contribution is -0.160.